The van der Waals surface area contributed by atoms with Gasteiger partial charge in [-0.1, -0.05) is 18.2 Å². The SMILES string of the molecule is O=C(CCN1C(=O)C2C=CC=CC2=NC1=S)NN1CCOCC1. The van der Waals surface area contributed by atoms with Crippen molar-refractivity contribution in [2.75, 3.05) is 32.8 Å². The van der Waals surface area contributed by atoms with Crippen molar-refractivity contribution in [1.82, 2.24) is 15.3 Å². The van der Waals surface area contributed by atoms with E-state index in [4.69, 9.17) is 17.0 Å². The van der Waals surface area contributed by atoms with Crippen LogP contribution in [0.2, 0.25) is 0 Å². The highest BCUT2D eigenvalue weighted by Gasteiger charge is 2.33. The molecular weight excluding hydrogens is 316 g/mol. The number of amides is 2. The van der Waals surface area contributed by atoms with Crippen molar-refractivity contribution in [3.63, 3.8) is 0 Å². The Morgan fingerprint density at radius 3 is 2.96 bits per heavy atom. The number of aliphatic imine (C=N–C) groups is 1. The summed E-state index contributed by atoms with van der Waals surface area (Å²) in [5, 5.41) is 2.05. The summed E-state index contributed by atoms with van der Waals surface area (Å²) in [4.78, 5) is 30.2. The summed E-state index contributed by atoms with van der Waals surface area (Å²) in [6.45, 7) is 2.78. The molecule has 0 aromatic heterocycles. The van der Waals surface area contributed by atoms with E-state index in [0.717, 1.165) is 0 Å². The Bertz CT molecular complexity index is 608. The number of hydrogen-bond donors (Lipinski definition) is 1. The smallest absolute Gasteiger partial charge is 0.241 e. The molecule has 1 fully saturated rings. The monoisotopic (exact) mass is 334 g/mol. The van der Waals surface area contributed by atoms with Gasteiger partial charge in [0, 0.05) is 26.1 Å². The zero-order chi connectivity index (χ0) is 16.2. The third-order valence-corrected chi connectivity index (χ3v) is 4.16. The highest BCUT2D eigenvalue weighted by molar-refractivity contribution is 7.80. The van der Waals surface area contributed by atoms with Gasteiger partial charge in [-0.2, -0.15) is 0 Å². The predicted molar refractivity (Wildman–Crippen MR) is 88.7 cm³/mol. The summed E-state index contributed by atoms with van der Waals surface area (Å²) in [5.74, 6) is -0.662. The van der Waals surface area contributed by atoms with E-state index < -0.39 is 5.92 Å². The zero-order valence-corrected chi connectivity index (χ0v) is 13.4. The summed E-state index contributed by atoms with van der Waals surface area (Å²) >= 11 is 5.19. The molecule has 0 aromatic carbocycles. The lowest BCUT2D eigenvalue weighted by Gasteiger charge is -2.31. The van der Waals surface area contributed by atoms with Gasteiger partial charge in [-0.3, -0.25) is 19.9 Å². The number of thiocarbonyl (C=S) groups is 1. The van der Waals surface area contributed by atoms with Crippen LogP contribution in [-0.2, 0) is 14.3 Å². The number of ether oxygens (including phenoxy) is 1. The third kappa shape index (κ3) is 3.72. The van der Waals surface area contributed by atoms with Gasteiger partial charge in [-0.25, -0.2) is 10.0 Å². The predicted octanol–water partition coefficient (Wildman–Crippen LogP) is 0.0502. The number of nitrogens with zero attached hydrogens (tertiary/aromatic N) is 3. The normalized spacial score (nSPS) is 24.4. The third-order valence-electron chi connectivity index (χ3n) is 3.84. The fourth-order valence-electron chi connectivity index (χ4n) is 2.61. The fraction of sp³-hybridized carbons (Fsp3) is 0.467. The van der Waals surface area contributed by atoms with E-state index in [1.54, 1.807) is 12.2 Å². The molecule has 0 radical (unpaired) electrons. The van der Waals surface area contributed by atoms with Crippen LogP contribution in [0.5, 0.6) is 0 Å². The summed E-state index contributed by atoms with van der Waals surface area (Å²) in [6, 6.07) is 0. The number of rotatable bonds is 4. The van der Waals surface area contributed by atoms with Crippen molar-refractivity contribution in [2.45, 2.75) is 6.42 Å². The van der Waals surface area contributed by atoms with Crippen LogP contribution in [0.3, 0.4) is 0 Å². The number of fused-ring (bicyclic) bond motifs is 1. The van der Waals surface area contributed by atoms with Crippen molar-refractivity contribution in [1.29, 1.82) is 0 Å². The Morgan fingerprint density at radius 1 is 1.39 bits per heavy atom. The molecule has 2 amide bonds. The number of hydrogen-bond acceptors (Lipinski definition) is 5. The first-order chi connectivity index (χ1) is 11.1. The summed E-state index contributed by atoms with van der Waals surface area (Å²) in [5.41, 5.74) is 3.48. The maximum atomic E-state index is 12.5. The average molecular weight is 334 g/mol. The molecule has 1 N–H and O–H groups in total. The average Bonchev–Trinajstić information content (AvgIpc) is 2.55. The van der Waals surface area contributed by atoms with Gasteiger partial charge in [0.15, 0.2) is 0 Å². The molecule has 1 aliphatic carbocycles. The van der Waals surface area contributed by atoms with Gasteiger partial charge in [0.2, 0.25) is 16.9 Å². The molecule has 1 unspecified atom stereocenters. The van der Waals surface area contributed by atoms with E-state index in [1.165, 1.54) is 4.90 Å². The van der Waals surface area contributed by atoms with Crippen LogP contribution in [0.4, 0.5) is 0 Å². The number of morpholine rings is 1. The molecule has 122 valence electrons. The molecule has 0 spiro atoms. The second-order valence-corrected chi connectivity index (χ2v) is 5.78. The van der Waals surface area contributed by atoms with Crippen LogP contribution in [0.1, 0.15) is 6.42 Å². The van der Waals surface area contributed by atoms with Gasteiger partial charge >= 0.3 is 0 Å². The van der Waals surface area contributed by atoms with E-state index in [1.807, 2.05) is 17.2 Å². The van der Waals surface area contributed by atoms with Crippen LogP contribution < -0.4 is 5.43 Å². The summed E-state index contributed by atoms with van der Waals surface area (Å²) in [7, 11) is 0. The second-order valence-electron chi connectivity index (χ2n) is 5.42. The number of nitrogens with one attached hydrogen (secondary N) is 1. The van der Waals surface area contributed by atoms with Gasteiger partial charge < -0.3 is 4.74 Å². The molecule has 7 nitrogen and oxygen atoms in total. The number of carbonyl (C=O) groups is 2. The van der Waals surface area contributed by atoms with Crippen molar-refractivity contribution in [3.05, 3.63) is 24.3 Å². The van der Waals surface area contributed by atoms with Gasteiger partial charge in [0.25, 0.3) is 0 Å². The highest BCUT2D eigenvalue weighted by Crippen LogP contribution is 2.19. The van der Waals surface area contributed by atoms with Crippen LogP contribution in [0, 0.1) is 5.92 Å². The molecule has 0 saturated carbocycles. The molecule has 3 aliphatic rings. The summed E-state index contributed by atoms with van der Waals surface area (Å²) < 4.78 is 5.23. The Balaban J connectivity index is 1.55. The first-order valence-corrected chi connectivity index (χ1v) is 7.97. The standard InChI is InChI=1S/C15H18N4O3S/c20-13(17-18-7-9-22-10-8-18)5-6-19-14(21)11-3-1-2-4-12(11)16-15(19)23/h1-4,11H,5-10H2,(H,17,20). The minimum atomic E-state index is -0.394. The van der Waals surface area contributed by atoms with E-state index in [0.29, 0.717) is 32.0 Å². The minimum absolute atomic E-state index is 0.125. The maximum Gasteiger partial charge on any atom is 0.241 e. The quantitative estimate of drug-likeness (QED) is 0.736. The highest BCUT2D eigenvalue weighted by atomic mass is 32.1. The topological polar surface area (TPSA) is 74.2 Å². The van der Waals surface area contributed by atoms with E-state index >= 15 is 0 Å². The van der Waals surface area contributed by atoms with Gasteiger partial charge in [0.1, 0.15) is 0 Å². The molecule has 23 heavy (non-hydrogen) atoms. The molecule has 1 saturated heterocycles. The molecule has 0 bridgehead atoms. The lowest BCUT2D eigenvalue weighted by molar-refractivity contribution is -0.130. The van der Waals surface area contributed by atoms with Crippen LogP contribution in [-0.4, -0.2) is 65.4 Å². The lowest BCUT2D eigenvalue weighted by Crippen LogP contribution is -2.50. The van der Waals surface area contributed by atoms with Gasteiger partial charge in [0.05, 0.1) is 24.8 Å². The summed E-state index contributed by atoms with van der Waals surface area (Å²) in [6.07, 6.45) is 7.41. The minimum Gasteiger partial charge on any atom is -0.379 e. The van der Waals surface area contributed by atoms with Crippen molar-refractivity contribution >= 4 is 34.9 Å². The number of allylic oxidation sites excluding steroid dienone is 3. The van der Waals surface area contributed by atoms with Gasteiger partial charge in [-0.05, 0) is 18.3 Å². The first-order valence-electron chi connectivity index (χ1n) is 7.56. The molecule has 0 aromatic rings. The maximum absolute atomic E-state index is 12.5. The van der Waals surface area contributed by atoms with Crippen molar-refractivity contribution in [3.8, 4) is 0 Å². The molecule has 2 heterocycles. The van der Waals surface area contributed by atoms with E-state index in [9.17, 15) is 9.59 Å². The zero-order valence-electron chi connectivity index (χ0n) is 12.6. The molecule has 8 heteroatoms. The second kappa shape index (κ2) is 7.12. The number of hydrazine groups is 1. The van der Waals surface area contributed by atoms with Crippen LogP contribution >= 0.6 is 12.2 Å². The fourth-order valence-corrected chi connectivity index (χ4v) is 2.89. The first kappa shape index (κ1) is 16.0. The molecule has 3 rings (SSSR count). The Hall–Kier alpha value is -1.90. The van der Waals surface area contributed by atoms with Crippen molar-refractivity contribution < 1.29 is 14.3 Å². The Kier molecular flexibility index (Phi) is 4.94. The van der Waals surface area contributed by atoms with Crippen LogP contribution in [0.25, 0.3) is 0 Å². The molecular formula is C15H18N4O3S. The number of carbonyl (C=O) groups excluding carboxylic acids is 2. The Labute approximate surface area is 139 Å². The van der Waals surface area contributed by atoms with E-state index in [2.05, 4.69) is 10.4 Å². The van der Waals surface area contributed by atoms with Crippen molar-refractivity contribution in [2.24, 2.45) is 10.9 Å². The van der Waals surface area contributed by atoms with Gasteiger partial charge in [-0.15, -0.1) is 0 Å². The van der Waals surface area contributed by atoms with E-state index in [-0.39, 0.29) is 29.9 Å². The van der Waals surface area contributed by atoms with Crippen LogP contribution in [0.15, 0.2) is 29.3 Å². The molecule has 2 aliphatic heterocycles. The largest absolute Gasteiger partial charge is 0.379 e. The lowest BCUT2D eigenvalue weighted by atomic mass is 9.95. The Morgan fingerprint density at radius 2 is 2.17 bits per heavy atom. The molecule has 1 atom stereocenters.